The van der Waals surface area contributed by atoms with E-state index in [0.717, 1.165) is 24.8 Å². The molecule has 0 bridgehead atoms. The molecule has 0 aromatic heterocycles. The molecule has 0 radical (unpaired) electrons. The Hall–Kier alpha value is -1.35. The topological polar surface area (TPSA) is 46.2 Å². The van der Waals surface area contributed by atoms with Crippen LogP contribution in [-0.2, 0) is 9.59 Å². The second-order valence-electron chi connectivity index (χ2n) is 5.29. The first-order valence-corrected chi connectivity index (χ1v) is 6.58. The highest BCUT2D eigenvalue weighted by Gasteiger charge is 2.52. The van der Waals surface area contributed by atoms with E-state index >= 15 is 0 Å². The van der Waals surface area contributed by atoms with Gasteiger partial charge in [-0.15, -0.1) is 0 Å². The van der Waals surface area contributed by atoms with Crippen LogP contribution >= 0.6 is 11.6 Å². The molecule has 18 heavy (non-hydrogen) atoms. The van der Waals surface area contributed by atoms with E-state index in [-0.39, 0.29) is 23.1 Å². The summed E-state index contributed by atoms with van der Waals surface area (Å²) in [6.07, 6.45) is 3.48. The predicted molar refractivity (Wildman–Crippen MR) is 68.2 cm³/mol. The first kappa shape index (κ1) is 11.7. The minimum absolute atomic E-state index is 0.134. The third kappa shape index (κ3) is 1.74. The van der Waals surface area contributed by atoms with E-state index in [2.05, 4.69) is 5.32 Å². The number of rotatable bonds is 1. The Morgan fingerprint density at radius 3 is 2.39 bits per heavy atom. The molecule has 1 N–H and O–H groups in total. The zero-order valence-corrected chi connectivity index (χ0v) is 10.7. The molecule has 1 unspecified atom stereocenters. The highest BCUT2D eigenvalue weighted by atomic mass is 35.5. The van der Waals surface area contributed by atoms with Crippen molar-refractivity contribution in [2.75, 3.05) is 0 Å². The maximum absolute atomic E-state index is 12.1. The summed E-state index contributed by atoms with van der Waals surface area (Å²) in [6.45, 7) is 0. The fraction of sp³-hybridized carbons (Fsp3) is 0.429. The van der Waals surface area contributed by atoms with Gasteiger partial charge in [-0.05, 0) is 36.0 Å². The molecule has 1 heterocycles. The molecule has 1 aromatic rings. The lowest BCUT2D eigenvalue weighted by Crippen LogP contribution is -2.53. The molecule has 2 aliphatic rings. The number of halogens is 1. The first-order chi connectivity index (χ1) is 8.61. The monoisotopic (exact) mass is 263 g/mol. The fourth-order valence-corrected chi connectivity index (χ4v) is 3.34. The average molecular weight is 264 g/mol. The van der Waals surface area contributed by atoms with Crippen LogP contribution in [0.2, 0.25) is 5.02 Å². The van der Waals surface area contributed by atoms with Crippen molar-refractivity contribution in [2.24, 2.45) is 5.41 Å². The summed E-state index contributed by atoms with van der Waals surface area (Å²) in [5.41, 5.74) is 0.817. The van der Waals surface area contributed by atoms with Crippen LogP contribution in [0.5, 0.6) is 0 Å². The Morgan fingerprint density at radius 1 is 1.17 bits per heavy atom. The van der Waals surface area contributed by atoms with E-state index in [1.54, 1.807) is 12.1 Å². The van der Waals surface area contributed by atoms with Crippen LogP contribution in [-0.4, -0.2) is 11.8 Å². The molecule has 1 aliphatic heterocycles. The lowest BCUT2D eigenvalue weighted by Gasteiger charge is -2.49. The van der Waals surface area contributed by atoms with Crippen LogP contribution in [0.25, 0.3) is 0 Å². The zero-order valence-electron chi connectivity index (χ0n) is 9.91. The van der Waals surface area contributed by atoms with Crippen molar-refractivity contribution >= 4 is 23.4 Å². The Labute approximate surface area is 111 Å². The number of imide groups is 1. The number of hydrogen-bond acceptors (Lipinski definition) is 2. The first-order valence-electron chi connectivity index (χ1n) is 6.20. The molecule has 1 spiro atoms. The molecule has 3 rings (SSSR count). The minimum atomic E-state index is -0.207. The Morgan fingerprint density at radius 2 is 1.83 bits per heavy atom. The number of carbonyl (C=O) groups is 2. The van der Waals surface area contributed by atoms with Gasteiger partial charge in [-0.25, -0.2) is 0 Å². The van der Waals surface area contributed by atoms with Gasteiger partial charge >= 0.3 is 0 Å². The van der Waals surface area contributed by atoms with Crippen molar-refractivity contribution in [3.63, 3.8) is 0 Å². The van der Waals surface area contributed by atoms with Crippen LogP contribution in [0, 0.1) is 5.41 Å². The number of piperidine rings is 1. The molecular weight excluding hydrogens is 250 g/mol. The van der Waals surface area contributed by atoms with E-state index in [1.165, 1.54) is 0 Å². The van der Waals surface area contributed by atoms with Crippen LogP contribution in [0.1, 0.15) is 37.2 Å². The van der Waals surface area contributed by atoms with Gasteiger partial charge in [0.2, 0.25) is 11.8 Å². The van der Waals surface area contributed by atoms with Gasteiger partial charge in [0.25, 0.3) is 0 Å². The molecule has 4 heteroatoms. The zero-order chi connectivity index (χ0) is 12.8. The van der Waals surface area contributed by atoms with E-state index in [0.29, 0.717) is 11.4 Å². The molecule has 1 saturated carbocycles. The Kier molecular flexibility index (Phi) is 2.67. The molecule has 3 nitrogen and oxygen atoms in total. The van der Waals surface area contributed by atoms with Crippen molar-refractivity contribution in [1.82, 2.24) is 5.32 Å². The van der Waals surface area contributed by atoms with Crippen molar-refractivity contribution < 1.29 is 9.59 Å². The molecule has 2 fully saturated rings. The van der Waals surface area contributed by atoms with Gasteiger partial charge in [0.15, 0.2) is 0 Å². The van der Waals surface area contributed by atoms with Gasteiger partial charge in [-0.1, -0.05) is 30.2 Å². The van der Waals surface area contributed by atoms with Crippen molar-refractivity contribution in [3.8, 4) is 0 Å². The number of benzene rings is 1. The average Bonchev–Trinajstić information content (AvgIpc) is 2.28. The number of hydrogen-bond donors (Lipinski definition) is 1. The highest BCUT2D eigenvalue weighted by Crippen LogP contribution is 2.55. The third-order valence-electron chi connectivity index (χ3n) is 4.20. The quantitative estimate of drug-likeness (QED) is 0.792. The second kappa shape index (κ2) is 4.09. The highest BCUT2D eigenvalue weighted by molar-refractivity contribution is 6.30. The molecule has 1 aliphatic carbocycles. The summed E-state index contributed by atoms with van der Waals surface area (Å²) in [5, 5.41) is 3.12. The Bertz CT molecular complexity index is 505. The van der Waals surface area contributed by atoms with Gasteiger partial charge in [0.1, 0.15) is 0 Å². The summed E-state index contributed by atoms with van der Waals surface area (Å²) >= 11 is 5.87. The van der Waals surface area contributed by atoms with Crippen LogP contribution in [0.15, 0.2) is 24.3 Å². The van der Waals surface area contributed by atoms with Crippen molar-refractivity contribution in [3.05, 3.63) is 34.9 Å². The summed E-state index contributed by atoms with van der Waals surface area (Å²) in [6, 6.07) is 7.38. The molecule has 94 valence electrons. The van der Waals surface area contributed by atoms with Gasteiger partial charge in [-0.2, -0.15) is 0 Å². The number of nitrogens with one attached hydrogen (secondary N) is 1. The van der Waals surface area contributed by atoms with Gasteiger partial charge in [0, 0.05) is 11.4 Å². The third-order valence-corrected chi connectivity index (χ3v) is 4.45. The van der Waals surface area contributed by atoms with E-state index in [1.807, 2.05) is 12.1 Å². The van der Waals surface area contributed by atoms with Crippen LogP contribution < -0.4 is 5.32 Å². The smallest absolute Gasteiger partial charge is 0.234 e. The molecule has 1 aromatic carbocycles. The van der Waals surface area contributed by atoms with E-state index in [9.17, 15) is 9.59 Å². The largest absolute Gasteiger partial charge is 0.296 e. The van der Waals surface area contributed by atoms with Gasteiger partial charge in [-0.3, -0.25) is 14.9 Å². The maximum Gasteiger partial charge on any atom is 0.234 e. The van der Waals surface area contributed by atoms with E-state index < -0.39 is 0 Å². The fourth-order valence-electron chi connectivity index (χ4n) is 3.21. The lowest BCUT2D eigenvalue weighted by molar-refractivity contribution is -0.143. The van der Waals surface area contributed by atoms with Crippen LogP contribution in [0.4, 0.5) is 0 Å². The van der Waals surface area contributed by atoms with Crippen molar-refractivity contribution in [1.29, 1.82) is 0 Å². The van der Waals surface area contributed by atoms with Gasteiger partial charge < -0.3 is 0 Å². The number of carbonyl (C=O) groups excluding carboxylic acids is 2. The molecular formula is C14H14ClNO2. The number of amides is 2. The normalized spacial score (nSPS) is 25.7. The summed E-state index contributed by atoms with van der Waals surface area (Å²) in [5.74, 6) is -0.501. The summed E-state index contributed by atoms with van der Waals surface area (Å²) in [4.78, 5) is 23.7. The molecule has 1 atom stereocenters. The summed E-state index contributed by atoms with van der Waals surface area (Å²) in [7, 11) is 0. The summed E-state index contributed by atoms with van der Waals surface area (Å²) < 4.78 is 0. The predicted octanol–water partition coefficient (Wildman–Crippen LogP) is 2.64. The minimum Gasteiger partial charge on any atom is -0.296 e. The second-order valence-corrected chi connectivity index (χ2v) is 5.73. The van der Waals surface area contributed by atoms with Gasteiger partial charge in [0.05, 0.1) is 5.92 Å². The molecule has 2 amide bonds. The Balaban J connectivity index is 1.99. The van der Waals surface area contributed by atoms with E-state index in [4.69, 9.17) is 11.6 Å². The van der Waals surface area contributed by atoms with Crippen molar-refractivity contribution in [2.45, 2.75) is 31.6 Å². The lowest BCUT2D eigenvalue weighted by atomic mass is 9.56. The maximum atomic E-state index is 12.1. The molecule has 1 saturated heterocycles. The standard InChI is InChI=1S/C14H14ClNO2/c15-10-4-2-9(3-5-10)12-13(18)16-11(17)8-14(12)6-1-7-14/h2-5,12H,1,6-8H2,(H,16,17,18). The van der Waals surface area contributed by atoms with Crippen LogP contribution in [0.3, 0.4) is 0 Å². The SMILES string of the molecule is O=C1CC2(CCC2)C(c2ccc(Cl)cc2)C(=O)N1.